The fourth-order valence-electron chi connectivity index (χ4n) is 5.40. The number of carbonyl (C=O) groups excluding carboxylic acids is 1. The third-order valence-corrected chi connectivity index (χ3v) is 7.13. The van der Waals surface area contributed by atoms with E-state index in [9.17, 15) is 15.3 Å². The van der Waals surface area contributed by atoms with Gasteiger partial charge in [-0.15, -0.1) is 0 Å². The summed E-state index contributed by atoms with van der Waals surface area (Å²) >= 11 is 0. The van der Waals surface area contributed by atoms with E-state index in [1.54, 1.807) is 56.6 Å². The number of rotatable bonds is 6. The number of Topliss-reactive ketones (excluding diaryl/α,β-unsaturated/α-hetero) is 1. The van der Waals surface area contributed by atoms with Gasteiger partial charge in [0, 0.05) is 40.5 Å². The number of hydrogen-bond acceptors (Lipinski definition) is 6. The monoisotopic (exact) mass is 510 g/mol. The van der Waals surface area contributed by atoms with Crippen molar-refractivity contribution in [3.05, 3.63) is 101 Å². The van der Waals surface area contributed by atoms with E-state index < -0.39 is 5.92 Å². The van der Waals surface area contributed by atoms with Crippen LogP contribution in [0.1, 0.15) is 36.3 Å². The van der Waals surface area contributed by atoms with Gasteiger partial charge in [0.25, 0.3) is 0 Å². The minimum Gasteiger partial charge on any atom is -0.507 e. The molecule has 2 aliphatic rings. The van der Waals surface area contributed by atoms with Gasteiger partial charge in [-0.25, -0.2) is 0 Å². The van der Waals surface area contributed by atoms with Gasteiger partial charge >= 0.3 is 0 Å². The zero-order valence-electron chi connectivity index (χ0n) is 21.7. The molecule has 0 aromatic heterocycles. The number of ketones is 1. The largest absolute Gasteiger partial charge is 0.507 e. The molecule has 0 saturated carbocycles. The number of carbonyl (C=O) groups is 1. The van der Waals surface area contributed by atoms with Crippen molar-refractivity contribution < 1.29 is 24.1 Å². The van der Waals surface area contributed by atoms with Crippen LogP contribution in [0.25, 0.3) is 5.76 Å². The topological polar surface area (TPSA) is 92.1 Å². The van der Waals surface area contributed by atoms with Gasteiger partial charge in [0.2, 0.25) is 0 Å². The second-order valence-corrected chi connectivity index (χ2v) is 9.16. The zero-order valence-corrected chi connectivity index (χ0v) is 21.7. The van der Waals surface area contributed by atoms with E-state index in [-0.39, 0.29) is 17.4 Å². The molecule has 1 unspecified atom stereocenters. The van der Waals surface area contributed by atoms with Crippen LogP contribution in [0.15, 0.2) is 89.6 Å². The Balaban J connectivity index is 1.88. The molecule has 1 atom stereocenters. The highest BCUT2D eigenvalue weighted by atomic mass is 16.5. The maximum absolute atomic E-state index is 13.7. The van der Waals surface area contributed by atoms with Crippen molar-refractivity contribution in [1.82, 2.24) is 0 Å². The number of nitrogens with one attached hydrogen (secondary N) is 1. The molecule has 0 amide bonds. The van der Waals surface area contributed by atoms with Crippen molar-refractivity contribution in [3.63, 3.8) is 0 Å². The lowest BCUT2D eigenvalue weighted by Gasteiger charge is -2.42. The lowest BCUT2D eigenvalue weighted by Crippen LogP contribution is -2.42. The molecule has 1 heterocycles. The molecule has 0 bridgehead atoms. The van der Waals surface area contributed by atoms with E-state index in [0.717, 1.165) is 11.3 Å². The first-order valence-electron chi connectivity index (χ1n) is 12.5. The fraction of sp³-hybridized carbons (Fsp3) is 0.226. The second-order valence-electron chi connectivity index (χ2n) is 9.16. The van der Waals surface area contributed by atoms with Crippen LogP contribution in [0.4, 0.5) is 5.69 Å². The van der Waals surface area contributed by atoms with Crippen LogP contribution in [0.5, 0.6) is 17.2 Å². The van der Waals surface area contributed by atoms with Crippen LogP contribution in [-0.2, 0) is 4.79 Å². The van der Waals surface area contributed by atoms with Gasteiger partial charge < -0.3 is 19.3 Å². The molecule has 194 valence electrons. The van der Waals surface area contributed by atoms with Crippen LogP contribution in [0.2, 0.25) is 0 Å². The second kappa shape index (κ2) is 10.5. The molecule has 7 nitrogen and oxygen atoms in total. The van der Waals surface area contributed by atoms with Crippen LogP contribution < -0.4 is 19.1 Å². The highest BCUT2D eigenvalue weighted by Crippen LogP contribution is 2.51. The van der Waals surface area contributed by atoms with E-state index >= 15 is 0 Å². The summed E-state index contributed by atoms with van der Waals surface area (Å²) in [6.07, 6.45) is 1.64. The molecule has 1 aliphatic heterocycles. The quantitative estimate of drug-likeness (QED) is 0.380. The van der Waals surface area contributed by atoms with Crippen molar-refractivity contribution in [3.8, 4) is 17.2 Å². The number of nitrogens with zero attached hydrogens (tertiary/aromatic N) is 1. The summed E-state index contributed by atoms with van der Waals surface area (Å²) < 4.78 is 16.9. The lowest BCUT2D eigenvalue weighted by atomic mass is 9.73. The number of amidine groups is 1. The van der Waals surface area contributed by atoms with E-state index in [2.05, 4.69) is 0 Å². The predicted octanol–water partition coefficient (Wildman–Crippen LogP) is 6.27. The van der Waals surface area contributed by atoms with Gasteiger partial charge in [-0.2, -0.15) is 0 Å². The van der Waals surface area contributed by atoms with Crippen molar-refractivity contribution in [2.75, 3.05) is 26.2 Å². The Bertz CT molecular complexity index is 1460. The molecular formula is C31H30N2O5. The third kappa shape index (κ3) is 4.20. The Kier molecular flexibility index (Phi) is 6.92. The van der Waals surface area contributed by atoms with Crippen molar-refractivity contribution in [2.24, 2.45) is 0 Å². The van der Waals surface area contributed by atoms with Gasteiger partial charge in [0.05, 0.1) is 32.9 Å². The van der Waals surface area contributed by atoms with Crippen molar-refractivity contribution in [1.29, 1.82) is 5.41 Å². The number of methoxy groups -OCH3 is 3. The molecule has 3 aromatic rings. The molecule has 0 fully saturated rings. The summed E-state index contributed by atoms with van der Waals surface area (Å²) in [5, 5.41) is 21.3. The average Bonchev–Trinajstić information content (AvgIpc) is 2.96. The number of ether oxygens (including phenoxy) is 3. The summed E-state index contributed by atoms with van der Waals surface area (Å²) in [5.74, 6) is 0.985. The highest BCUT2D eigenvalue weighted by Gasteiger charge is 2.44. The maximum Gasteiger partial charge on any atom is 0.161 e. The number of benzene rings is 3. The van der Waals surface area contributed by atoms with E-state index in [0.29, 0.717) is 58.9 Å². The Morgan fingerprint density at radius 1 is 0.895 bits per heavy atom. The van der Waals surface area contributed by atoms with E-state index in [1.807, 2.05) is 42.5 Å². The molecular weight excluding hydrogens is 480 g/mol. The lowest BCUT2D eigenvalue weighted by molar-refractivity contribution is -0.116. The van der Waals surface area contributed by atoms with Crippen LogP contribution in [0, 0.1) is 5.41 Å². The molecule has 0 radical (unpaired) electrons. The number of hydrogen-bond donors (Lipinski definition) is 2. The Morgan fingerprint density at radius 3 is 2.32 bits per heavy atom. The van der Waals surface area contributed by atoms with Gasteiger partial charge in [0.1, 0.15) is 28.8 Å². The zero-order chi connectivity index (χ0) is 26.8. The number of para-hydroxylation sites is 1. The predicted molar refractivity (Wildman–Crippen MR) is 147 cm³/mol. The average molecular weight is 511 g/mol. The SMILES string of the molecule is COc1ccc(OC)c(N2C(=N)/C(=C(/O)c3ccccc3)C(c3ccccc3OC)C3=C2CCCC3=O)c1. The first-order valence-corrected chi connectivity index (χ1v) is 12.5. The standard InChI is InChI=1S/C31H30N2O5/c1-36-20-16-17-26(38-3)23(18-20)33-22-13-9-14-24(34)28(22)27(21-12-7-8-15-25(21)37-2)29(31(33)32)30(35)19-10-5-4-6-11-19/h4-8,10-12,15-18,27,32,35H,9,13-14H2,1-3H3/b30-29+,32-31?. The molecule has 0 saturated heterocycles. The Morgan fingerprint density at radius 2 is 1.61 bits per heavy atom. The van der Waals surface area contributed by atoms with Gasteiger partial charge in [-0.05, 0) is 31.0 Å². The molecule has 7 heteroatoms. The first-order chi connectivity index (χ1) is 18.5. The Hall–Kier alpha value is -4.52. The van der Waals surface area contributed by atoms with Crippen LogP contribution in [0.3, 0.4) is 0 Å². The maximum atomic E-state index is 13.7. The number of aliphatic hydroxyl groups excluding tert-OH is 1. The van der Waals surface area contributed by atoms with E-state index in [4.69, 9.17) is 14.2 Å². The molecule has 0 spiro atoms. The van der Waals surface area contributed by atoms with Crippen molar-refractivity contribution >= 4 is 23.1 Å². The Labute approximate surface area is 222 Å². The smallest absolute Gasteiger partial charge is 0.161 e. The van der Waals surface area contributed by atoms with E-state index in [1.165, 1.54) is 0 Å². The summed E-state index contributed by atoms with van der Waals surface area (Å²) in [6, 6.07) is 21.9. The van der Waals surface area contributed by atoms with Gasteiger partial charge in [-0.3, -0.25) is 15.1 Å². The first kappa shape index (κ1) is 25.1. The summed E-state index contributed by atoms with van der Waals surface area (Å²) in [7, 11) is 4.72. The van der Waals surface area contributed by atoms with Crippen molar-refractivity contribution in [2.45, 2.75) is 25.2 Å². The number of anilines is 1. The van der Waals surface area contributed by atoms with Crippen LogP contribution >= 0.6 is 0 Å². The summed E-state index contributed by atoms with van der Waals surface area (Å²) in [4.78, 5) is 15.5. The minimum absolute atomic E-state index is 0.0140. The molecule has 3 aromatic carbocycles. The third-order valence-electron chi connectivity index (χ3n) is 7.13. The summed E-state index contributed by atoms with van der Waals surface area (Å²) in [6.45, 7) is 0. The van der Waals surface area contributed by atoms with Gasteiger partial charge in [-0.1, -0.05) is 48.5 Å². The number of allylic oxidation sites excluding steroid dienone is 2. The highest BCUT2D eigenvalue weighted by molar-refractivity contribution is 6.20. The van der Waals surface area contributed by atoms with Gasteiger partial charge in [0.15, 0.2) is 5.78 Å². The number of aliphatic hydroxyl groups is 1. The van der Waals surface area contributed by atoms with Crippen LogP contribution in [-0.4, -0.2) is 38.1 Å². The molecule has 5 rings (SSSR count). The normalized spacial score (nSPS) is 18.7. The fourth-order valence-corrected chi connectivity index (χ4v) is 5.40. The minimum atomic E-state index is -0.686. The summed E-state index contributed by atoms with van der Waals surface area (Å²) in [5.41, 5.74) is 3.43. The molecule has 2 N–H and O–H groups in total. The molecule has 1 aliphatic carbocycles. The molecule has 38 heavy (non-hydrogen) atoms.